The third kappa shape index (κ3) is 2.19. The monoisotopic (exact) mass is 270 g/mol. The summed E-state index contributed by atoms with van der Waals surface area (Å²) >= 11 is 5.83. The summed E-state index contributed by atoms with van der Waals surface area (Å²) in [6.45, 7) is 0. The number of imidazole rings is 1. The van der Waals surface area contributed by atoms with Crippen LogP contribution in [0.25, 0.3) is 5.65 Å². The highest BCUT2D eigenvalue weighted by atomic mass is 35.5. The maximum Gasteiger partial charge on any atom is 0.248 e. The van der Waals surface area contributed by atoms with Gasteiger partial charge in [0.05, 0.1) is 23.1 Å². The predicted octanol–water partition coefficient (Wildman–Crippen LogP) is 3.51. The lowest BCUT2D eigenvalue weighted by Crippen LogP contribution is -2.24. The van der Waals surface area contributed by atoms with E-state index in [9.17, 15) is 8.78 Å². The molecule has 3 nitrogen and oxygen atoms in total. The van der Waals surface area contributed by atoms with Gasteiger partial charge in [-0.05, 0) is 12.8 Å². The van der Waals surface area contributed by atoms with Gasteiger partial charge < -0.3 is 0 Å². The van der Waals surface area contributed by atoms with E-state index in [2.05, 4.69) is 10.1 Å². The molecule has 0 N–H and O–H groups in total. The van der Waals surface area contributed by atoms with Gasteiger partial charge in [-0.3, -0.25) is 0 Å². The summed E-state index contributed by atoms with van der Waals surface area (Å²) in [6, 6.07) is 1.70. The van der Waals surface area contributed by atoms with Crippen molar-refractivity contribution in [3.8, 4) is 0 Å². The molecule has 2 aromatic heterocycles. The second-order valence-electron chi connectivity index (χ2n) is 4.56. The highest BCUT2D eigenvalue weighted by molar-refractivity contribution is 6.30. The van der Waals surface area contributed by atoms with E-state index in [1.54, 1.807) is 16.8 Å². The van der Waals surface area contributed by atoms with Gasteiger partial charge in [0.2, 0.25) is 5.92 Å². The summed E-state index contributed by atoms with van der Waals surface area (Å²) in [4.78, 5) is 4.38. The molecular formula is C12H11ClF2N3. The minimum Gasteiger partial charge on any atom is -0.231 e. The first kappa shape index (κ1) is 11.8. The summed E-state index contributed by atoms with van der Waals surface area (Å²) < 4.78 is 27.8. The third-order valence-electron chi connectivity index (χ3n) is 3.23. The van der Waals surface area contributed by atoms with E-state index in [0.29, 0.717) is 23.5 Å². The molecule has 1 aliphatic rings. The van der Waals surface area contributed by atoms with Crippen LogP contribution < -0.4 is 0 Å². The number of fused-ring (bicyclic) bond motifs is 1. The van der Waals surface area contributed by atoms with E-state index in [1.807, 2.05) is 0 Å². The minimum absolute atomic E-state index is 0.0929. The van der Waals surface area contributed by atoms with Gasteiger partial charge in [0.25, 0.3) is 0 Å². The fourth-order valence-electron chi connectivity index (χ4n) is 2.20. The van der Waals surface area contributed by atoms with Gasteiger partial charge in [-0.2, -0.15) is 5.10 Å². The minimum atomic E-state index is -2.52. The molecule has 0 amide bonds. The van der Waals surface area contributed by atoms with Gasteiger partial charge in [0.15, 0.2) is 5.65 Å². The van der Waals surface area contributed by atoms with Crippen molar-refractivity contribution < 1.29 is 8.78 Å². The van der Waals surface area contributed by atoms with Gasteiger partial charge in [-0.25, -0.2) is 18.3 Å². The Morgan fingerprint density at radius 1 is 1.28 bits per heavy atom. The van der Waals surface area contributed by atoms with Crippen LogP contribution in [0.4, 0.5) is 8.78 Å². The van der Waals surface area contributed by atoms with Crippen molar-refractivity contribution in [1.29, 1.82) is 0 Å². The normalized spacial score (nSPS) is 20.4. The number of aromatic nitrogens is 3. The Morgan fingerprint density at radius 2 is 2.00 bits per heavy atom. The molecule has 0 aromatic carbocycles. The number of alkyl halides is 2. The molecule has 95 valence electrons. The lowest BCUT2D eigenvalue weighted by atomic mass is 9.85. The topological polar surface area (TPSA) is 30.2 Å². The Bertz CT molecular complexity index is 572. The molecule has 0 spiro atoms. The third-order valence-corrected chi connectivity index (χ3v) is 3.44. The van der Waals surface area contributed by atoms with Crippen LogP contribution in [0.3, 0.4) is 0 Å². The predicted molar refractivity (Wildman–Crippen MR) is 63.8 cm³/mol. The van der Waals surface area contributed by atoms with Crippen LogP contribution in [0.2, 0.25) is 5.02 Å². The van der Waals surface area contributed by atoms with E-state index >= 15 is 0 Å². The van der Waals surface area contributed by atoms with Crippen molar-refractivity contribution in [2.75, 3.05) is 0 Å². The summed E-state index contributed by atoms with van der Waals surface area (Å²) in [5.41, 5.74) is 1.39. The lowest BCUT2D eigenvalue weighted by Gasteiger charge is -2.26. The van der Waals surface area contributed by atoms with Crippen molar-refractivity contribution in [2.45, 2.75) is 31.6 Å². The Balaban J connectivity index is 1.87. The molecule has 0 aliphatic heterocycles. The lowest BCUT2D eigenvalue weighted by molar-refractivity contribution is -0.0284. The van der Waals surface area contributed by atoms with Crippen molar-refractivity contribution in [3.05, 3.63) is 35.1 Å². The Labute approximate surface area is 108 Å². The van der Waals surface area contributed by atoms with Crippen molar-refractivity contribution >= 4 is 17.2 Å². The van der Waals surface area contributed by atoms with Gasteiger partial charge in [0.1, 0.15) is 0 Å². The quantitative estimate of drug-likeness (QED) is 0.794. The summed E-state index contributed by atoms with van der Waals surface area (Å²) in [7, 11) is 0. The smallest absolute Gasteiger partial charge is 0.231 e. The van der Waals surface area contributed by atoms with Crippen molar-refractivity contribution in [3.63, 3.8) is 0 Å². The van der Waals surface area contributed by atoms with Crippen LogP contribution in [0, 0.1) is 5.92 Å². The summed E-state index contributed by atoms with van der Waals surface area (Å²) in [5, 5.41) is 4.60. The van der Waals surface area contributed by atoms with Crippen molar-refractivity contribution in [2.24, 2.45) is 0 Å². The van der Waals surface area contributed by atoms with E-state index in [4.69, 9.17) is 11.6 Å². The van der Waals surface area contributed by atoms with Gasteiger partial charge in [0, 0.05) is 24.8 Å². The maximum atomic E-state index is 13.1. The molecule has 0 bridgehead atoms. The van der Waals surface area contributed by atoms with Gasteiger partial charge in [-0.15, -0.1) is 0 Å². The SMILES string of the molecule is FC1(F)CC[C](c2cn3ncc(Cl)cc3n2)CC1. The molecule has 2 heterocycles. The number of halogens is 3. The molecule has 1 radical (unpaired) electrons. The Hall–Kier alpha value is -1.23. The van der Waals surface area contributed by atoms with Crippen LogP contribution in [0.1, 0.15) is 31.4 Å². The maximum absolute atomic E-state index is 13.1. The number of hydrogen-bond donors (Lipinski definition) is 0. The summed E-state index contributed by atoms with van der Waals surface area (Å²) in [5.74, 6) is -1.55. The molecule has 2 aromatic rings. The molecule has 18 heavy (non-hydrogen) atoms. The van der Waals surface area contributed by atoms with Crippen LogP contribution in [0.5, 0.6) is 0 Å². The molecular weight excluding hydrogens is 260 g/mol. The number of hydrogen-bond acceptors (Lipinski definition) is 2. The van der Waals surface area contributed by atoms with E-state index in [0.717, 1.165) is 11.6 Å². The molecule has 3 rings (SSSR count). The zero-order valence-corrected chi connectivity index (χ0v) is 10.3. The standard InChI is InChI=1S/C12H11ClF2N3/c13-9-5-11-17-10(7-18(11)16-6-9)8-1-3-12(14,15)4-2-8/h5-7H,1-4H2. The first-order valence-electron chi connectivity index (χ1n) is 5.77. The first-order chi connectivity index (χ1) is 8.53. The Kier molecular flexibility index (Phi) is 2.73. The zero-order valence-electron chi connectivity index (χ0n) is 9.54. The van der Waals surface area contributed by atoms with Gasteiger partial charge >= 0.3 is 0 Å². The second-order valence-corrected chi connectivity index (χ2v) is 5.00. The second kappa shape index (κ2) is 4.16. The number of rotatable bonds is 1. The summed E-state index contributed by atoms with van der Waals surface area (Å²) in [6.07, 6.45) is 3.90. The molecule has 1 saturated carbocycles. The molecule has 0 saturated heterocycles. The molecule has 1 aliphatic carbocycles. The number of nitrogens with zero attached hydrogens (tertiary/aromatic N) is 3. The van der Waals surface area contributed by atoms with E-state index in [1.165, 1.54) is 6.20 Å². The fraction of sp³-hybridized carbons (Fsp3) is 0.417. The average Bonchev–Trinajstić information content (AvgIpc) is 2.71. The van der Waals surface area contributed by atoms with E-state index < -0.39 is 5.92 Å². The van der Waals surface area contributed by atoms with Crippen molar-refractivity contribution in [1.82, 2.24) is 14.6 Å². The zero-order chi connectivity index (χ0) is 12.8. The fourth-order valence-corrected chi connectivity index (χ4v) is 2.34. The van der Waals surface area contributed by atoms with E-state index in [-0.39, 0.29) is 12.8 Å². The molecule has 0 atom stereocenters. The molecule has 0 unspecified atom stereocenters. The highest BCUT2D eigenvalue weighted by Crippen LogP contribution is 2.39. The largest absolute Gasteiger partial charge is 0.248 e. The van der Waals surface area contributed by atoms with Crippen LogP contribution in [0.15, 0.2) is 18.5 Å². The first-order valence-corrected chi connectivity index (χ1v) is 6.15. The van der Waals surface area contributed by atoms with Crippen LogP contribution in [-0.4, -0.2) is 20.5 Å². The molecule has 6 heteroatoms. The van der Waals surface area contributed by atoms with Crippen LogP contribution in [-0.2, 0) is 0 Å². The highest BCUT2D eigenvalue weighted by Gasteiger charge is 2.36. The van der Waals surface area contributed by atoms with Crippen LogP contribution >= 0.6 is 11.6 Å². The molecule has 1 fully saturated rings. The van der Waals surface area contributed by atoms with Gasteiger partial charge in [-0.1, -0.05) is 11.6 Å². The Morgan fingerprint density at radius 3 is 2.72 bits per heavy atom. The average molecular weight is 271 g/mol.